The molecule has 1 aromatic carbocycles. The van der Waals surface area contributed by atoms with Gasteiger partial charge in [0.1, 0.15) is 22.4 Å². The van der Waals surface area contributed by atoms with Crippen molar-refractivity contribution in [2.24, 2.45) is 7.05 Å². The van der Waals surface area contributed by atoms with Gasteiger partial charge in [-0.25, -0.2) is 19.2 Å². The fourth-order valence-electron chi connectivity index (χ4n) is 4.38. The van der Waals surface area contributed by atoms with Gasteiger partial charge in [-0.3, -0.25) is 14.3 Å². The molecule has 0 radical (unpaired) electrons. The predicted molar refractivity (Wildman–Crippen MR) is 117 cm³/mol. The van der Waals surface area contributed by atoms with Gasteiger partial charge in [0, 0.05) is 38.8 Å². The molecule has 0 bridgehead atoms. The SMILES string of the molecule is Cn1c(C2CCOCC2)nc2sc(C3CCCN3C(=O)Oc3cccc(F)c3)nc2c1=O. The van der Waals surface area contributed by atoms with Gasteiger partial charge in [-0.1, -0.05) is 17.4 Å². The van der Waals surface area contributed by atoms with Crippen LogP contribution in [-0.4, -0.2) is 45.3 Å². The number of rotatable bonds is 3. The summed E-state index contributed by atoms with van der Waals surface area (Å²) >= 11 is 1.35. The fourth-order valence-corrected chi connectivity index (χ4v) is 5.47. The normalized spacial score (nSPS) is 19.6. The molecular formula is C22H23FN4O4S. The second-order valence-corrected chi connectivity index (χ2v) is 9.11. The van der Waals surface area contributed by atoms with Crippen LogP contribution in [0.4, 0.5) is 9.18 Å². The molecule has 1 amide bonds. The van der Waals surface area contributed by atoms with Crippen molar-refractivity contribution < 1.29 is 18.7 Å². The minimum absolute atomic E-state index is 0.154. The van der Waals surface area contributed by atoms with Gasteiger partial charge >= 0.3 is 6.09 Å². The van der Waals surface area contributed by atoms with Crippen molar-refractivity contribution in [1.29, 1.82) is 0 Å². The highest BCUT2D eigenvalue weighted by Gasteiger charge is 2.34. The number of halogens is 1. The number of carbonyl (C=O) groups is 1. The molecule has 10 heteroatoms. The van der Waals surface area contributed by atoms with E-state index in [1.54, 1.807) is 16.5 Å². The Bertz CT molecular complexity index is 1220. The van der Waals surface area contributed by atoms with Crippen LogP contribution in [-0.2, 0) is 11.8 Å². The Morgan fingerprint density at radius 3 is 2.84 bits per heavy atom. The number of fused-ring (bicyclic) bond motifs is 1. The van der Waals surface area contributed by atoms with Crippen LogP contribution >= 0.6 is 11.3 Å². The van der Waals surface area contributed by atoms with E-state index in [2.05, 4.69) is 4.98 Å². The number of amides is 1. The summed E-state index contributed by atoms with van der Waals surface area (Å²) in [5.41, 5.74) is 0.152. The maximum absolute atomic E-state index is 13.4. The summed E-state index contributed by atoms with van der Waals surface area (Å²) in [6.45, 7) is 1.83. The van der Waals surface area contributed by atoms with E-state index in [9.17, 15) is 14.0 Å². The van der Waals surface area contributed by atoms with Gasteiger partial charge < -0.3 is 9.47 Å². The van der Waals surface area contributed by atoms with Crippen LogP contribution in [0.5, 0.6) is 5.75 Å². The zero-order chi connectivity index (χ0) is 22.2. The number of hydrogen-bond acceptors (Lipinski definition) is 7. The van der Waals surface area contributed by atoms with Gasteiger partial charge in [0.25, 0.3) is 5.56 Å². The van der Waals surface area contributed by atoms with E-state index < -0.39 is 11.9 Å². The molecule has 5 rings (SSSR count). The Balaban J connectivity index is 1.43. The van der Waals surface area contributed by atoms with Gasteiger partial charge in [0.05, 0.1) is 6.04 Å². The van der Waals surface area contributed by atoms with E-state index in [4.69, 9.17) is 14.5 Å². The number of aromatic nitrogens is 3. The van der Waals surface area contributed by atoms with Gasteiger partial charge in [0.2, 0.25) is 0 Å². The number of likely N-dealkylation sites (tertiary alicyclic amines) is 1. The first-order chi connectivity index (χ1) is 15.5. The molecule has 3 aromatic rings. The van der Waals surface area contributed by atoms with Gasteiger partial charge in [-0.15, -0.1) is 0 Å². The monoisotopic (exact) mass is 458 g/mol. The van der Waals surface area contributed by atoms with Gasteiger partial charge in [0.15, 0.2) is 10.3 Å². The molecule has 0 spiro atoms. The first-order valence-electron chi connectivity index (χ1n) is 10.7. The van der Waals surface area contributed by atoms with Crippen molar-refractivity contribution in [3.05, 3.63) is 51.3 Å². The second kappa shape index (κ2) is 8.59. The average molecular weight is 459 g/mol. The molecule has 8 nitrogen and oxygen atoms in total. The van der Waals surface area contributed by atoms with E-state index in [1.165, 1.54) is 35.6 Å². The van der Waals surface area contributed by atoms with Crippen LogP contribution in [0.1, 0.15) is 48.5 Å². The Labute approximate surface area is 187 Å². The smallest absolute Gasteiger partial charge is 0.410 e. The number of nitrogens with zero attached hydrogens (tertiary/aromatic N) is 4. The Morgan fingerprint density at radius 1 is 1.25 bits per heavy atom. The number of hydrogen-bond donors (Lipinski definition) is 0. The highest BCUT2D eigenvalue weighted by atomic mass is 32.1. The van der Waals surface area contributed by atoms with E-state index in [0.717, 1.165) is 25.1 Å². The highest BCUT2D eigenvalue weighted by Crippen LogP contribution is 2.36. The molecule has 0 N–H and O–H groups in total. The van der Waals surface area contributed by atoms with Crippen LogP contribution in [0, 0.1) is 5.82 Å². The molecule has 168 valence electrons. The lowest BCUT2D eigenvalue weighted by atomic mass is 9.99. The standard InChI is InChI=1S/C22H23FN4O4S/c1-26-18(13-7-10-30-11-8-13)25-20-17(21(26)28)24-19(32-20)16-6-3-9-27(16)22(29)31-15-5-2-4-14(23)12-15/h2,4-5,12-13,16H,3,6-11H2,1H3. The molecule has 2 aliphatic heterocycles. The highest BCUT2D eigenvalue weighted by molar-refractivity contribution is 7.18. The maximum Gasteiger partial charge on any atom is 0.415 e. The zero-order valence-electron chi connectivity index (χ0n) is 17.6. The minimum Gasteiger partial charge on any atom is -0.410 e. The molecule has 0 saturated carbocycles. The van der Waals surface area contributed by atoms with Crippen molar-refractivity contribution in [3.63, 3.8) is 0 Å². The molecule has 2 saturated heterocycles. The topological polar surface area (TPSA) is 86.6 Å². The minimum atomic E-state index is -0.555. The lowest BCUT2D eigenvalue weighted by Gasteiger charge is -2.22. The van der Waals surface area contributed by atoms with Crippen LogP contribution < -0.4 is 10.3 Å². The summed E-state index contributed by atoms with van der Waals surface area (Å²) in [7, 11) is 1.73. The fraction of sp³-hybridized carbons (Fsp3) is 0.455. The number of thiazole rings is 1. The molecule has 2 aromatic heterocycles. The largest absolute Gasteiger partial charge is 0.415 e. The first kappa shape index (κ1) is 21.0. The van der Waals surface area contributed by atoms with Crippen molar-refractivity contribution in [2.75, 3.05) is 19.8 Å². The third kappa shape index (κ3) is 3.88. The third-order valence-electron chi connectivity index (χ3n) is 6.05. The number of benzene rings is 1. The van der Waals surface area contributed by atoms with Crippen LogP contribution in [0.3, 0.4) is 0 Å². The summed E-state index contributed by atoms with van der Waals surface area (Å²) < 4.78 is 25.8. The summed E-state index contributed by atoms with van der Waals surface area (Å²) in [6.07, 6.45) is 2.61. The molecule has 1 atom stereocenters. The van der Waals surface area contributed by atoms with E-state index >= 15 is 0 Å². The first-order valence-corrected chi connectivity index (χ1v) is 11.5. The Hall–Kier alpha value is -2.85. The molecule has 4 heterocycles. The van der Waals surface area contributed by atoms with Crippen molar-refractivity contribution in [2.45, 2.75) is 37.6 Å². The molecule has 2 aliphatic rings. The lowest BCUT2D eigenvalue weighted by Crippen LogP contribution is -2.33. The lowest BCUT2D eigenvalue weighted by molar-refractivity contribution is 0.0828. The van der Waals surface area contributed by atoms with E-state index in [1.807, 2.05) is 0 Å². The summed E-state index contributed by atoms with van der Waals surface area (Å²) in [5.74, 6) is 0.624. The van der Waals surface area contributed by atoms with Crippen molar-refractivity contribution >= 4 is 27.8 Å². The Kier molecular flexibility index (Phi) is 5.64. The van der Waals surface area contributed by atoms with Crippen LogP contribution in [0.15, 0.2) is 29.1 Å². The van der Waals surface area contributed by atoms with Gasteiger partial charge in [-0.05, 0) is 37.8 Å². The van der Waals surface area contributed by atoms with Crippen LogP contribution in [0.25, 0.3) is 10.3 Å². The molecule has 0 aliphatic carbocycles. The predicted octanol–water partition coefficient (Wildman–Crippen LogP) is 3.76. The quantitative estimate of drug-likeness (QED) is 0.594. The number of ether oxygens (including phenoxy) is 2. The van der Waals surface area contributed by atoms with E-state index in [0.29, 0.717) is 41.5 Å². The molecule has 32 heavy (non-hydrogen) atoms. The molecule has 2 fully saturated rings. The van der Waals surface area contributed by atoms with Crippen molar-refractivity contribution in [1.82, 2.24) is 19.4 Å². The van der Waals surface area contributed by atoms with Crippen LogP contribution in [0.2, 0.25) is 0 Å². The average Bonchev–Trinajstić information content (AvgIpc) is 3.44. The van der Waals surface area contributed by atoms with Crippen molar-refractivity contribution in [3.8, 4) is 5.75 Å². The third-order valence-corrected chi connectivity index (χ3v) is 7.10. The second-order valence-electron chi connectivity index (χ2n) is 8.10. The summed E-state index contributed by atoms with van der Waals surface area (Å²) in [5, 5.41) is 0.669. The maximum atomic E-state index is 13.4. The van der Waals surface area contributed by atoms with Gasteiger partial charge in [-0.2, -0.15) is 0 Å². The molecular weight excluding hydrogens is 435 g/mol. The summed E-state index contributed by atoms with van der Waals surface area (Å²) in [6, 6.07) is 5.19. The zero-order valence-corrected chi connectivity index (χ0v) is 18.4. The number of carbonyl (C=O) groups excluding carboxylic acids is 1. The molecule has 1 unspecified atom stereocenters. The summed E-state index contributed by atoms with van der Waals surface area (Å²) in [4.78, 5) is 37.3. The Morgan fingerprint density at radius 2 is 2.06 bits per heavy atom. The van der Waals surface area contributed by atoms with E-state index in [-0.39, 0.29) is 23.3 Å².